The summed E-state index contributed by atoms with van der Waals surface area (Å²) >= 11 is 0. The normalized spacial score (nSPS) is 53.6. The lowest BCUT2D eigenvalue weighted by Gasteiger charge is -2.47. The lowest BCUT2D eigenvalue weighted by Crippen LogP contribution is -2.66. The first kappa shape index (κ1) is 73.2. The van der Waals surface area contributed by atoms with E-state index in [-0.39, 0.29) is 0 Å². The summed E-state index contributed by atoms with van der Waals surface area (Å²) < 4.78 is 83.9. The Morgan fingerprint density at radius 3 is 0.685 bits per heavy atom. The SMILES string of the molecule is OC[C@H]1O[C@H](OC[C@H]2O[C@H](OC[C@H]3O[C@H](OC[C@H]4O[C@H](OC[C@H]5O[C@H](OC[C@H]6O[C@H](O)[C@@H](O)[C@@H](O)[C@@H]6O)[C@@H](O[C@H]6O[C@H](CO)[C@@H](O)[C@H](O)[C@@H]6O)[C@@H](O)[C@@H]5O)[C@@H](O)[C@@H](O)[C@@H]4O)[C@@H](O)[C@@H](O)[C@@H]3O)[C@@H](O[C@H]3O[C@H](CO)[C@@H](O)[C@H](O)[C@@H]3O)[C@@H](O)[C@@H]2O)[C@@H](O)[C@@H](O)[C@@H]1O. The van der Waals surface area contributed by atoms with Crippen molar-refractivity contribution >= 4 is 0 Å². The Labute approximate surface area is 501 Å². The summed E-state index contributed by atoms with van der Waals surface area (Å²) in [5, 5.41) is 275. The molecule has 0 amide bonds. The van der Waals surface area contributed by atoms with Gasteiger partial charge in [-0.3, -0.25) is 0 Å². The van der Waals surface area contributed by atoms with Crippen LogP contribution in [0.15, 0.2) is 0 Å². The number of aliphatic hydroxyl groups excluding tert-OH is 26. The van der Waals surface area contributed by atoms with Crippen molar-refractivity contribution in [2.45, 2.75) is 246 Å². The number of rotatable bonds is 22. The van der Waals surface area contributed by atoms with Gasteiger partial charge in [0.1, 0.15) is 195 Å². The van der Waals surface area contributed by atoms with Crippen LogP contribution in [0.25, 0.3) is 0 Å². The van der Waals surface area contributed by atoms with E-state index >= 15 is 0 Å². The van der Waals surface area contributed by atoms with E-state index < -0.39 is 299 Å². The first-order valence-corrected chi connectivity index (χ1v) is 28.2. The Morgan fingerprint density at radius 1 is 0.191 bits per heavy atom. The molecule has 41 heteroatoms. The highest BCUT2D eigenvalue weighted by Gasteiger charge is 2.56. The fourth-order valence-corrected chi connectivity index (χ4v) is 10.9. The van der Waals surface area contributed by atoms with Crippen molar-refractivity contribution in [1.82, 2.24) is 0 Å². The molecule has 0 aromatic heterocycles. The van der Waals surface area contributed by atoms with Gasteiger partial charge >= 0.3 is 0 Å². The lowest BCUT2D eigenvalue weighted by atomic mass is 9.96. The number of hydrogen-bond acceptors (Lipinski definition) is 41. The van der Waals surface area contributed by atoms with E-state index in [0.717, 1.165) is 0 Å². The van der Waals surface area contributed by atoms with Gasteiger partial charge in [0.05, 0.1) is 52.9 Å². The van der Waals surface area contributed by atoms with Crippen LogP contribution in [0.5, 0.6) is 0 Å². The molecule has 0 aromatic rings. The van der Waals surface area contributed by atoms with E-state index in [4.69, 9.17) is 71.1 Å². The molecule has 0 radical (unpaired) electrons. The van der Waals surface area contributed by atoms with Gasteiger partial charge in [0.15, 0.2) is 50.3 Å². The average Bonchev–Trinajstić information content (AvgIpc) is 2.41. The maximum Gasteiger partial charge on any atom is 0.187 e. The molecule has 0 aliphatic carbocycles. The molecule has 40 atom stereocenters. The average molecular weight is 1320 g/mol. The Morgan fingerprint density at radius 2 is 0.393 bits per heavy atom. The standard InChI is InChI=1S/C48H82O41/c49-1-9-17(52)26(61)34(69)42(81-9)75-6-15-23(58)32(67)40(89-46-38(73)28(63)19(54)11(3-51)83-46)48(87-15)79-8-14-22(57)30(65)36(71)43(85-14)76-5-13-21(56)29(64)35(70)44(84-13)77-7-16-24(59)31(66)39(88-45-37(72)27(62)18(53)10(2-50)82-45)47(86-16)78-4-12-20(55)25(60)33(68)41(74)80-12/h9-74H,1-8H2/t9-,10-,11-,12-,13-,14-,15-,16-,17-,18-,19-,20-,21-,22-,23-,24-,25+,26+,27+,28+,29+,30+,31+,32+,33+,34+,35+,36+,37+,38+,39+,40+,41+,42+,43+,44+,45-,46-,47+,48+/m1/s1. The topological polar surface area (TPSA) is 664 Å². The van der Waals surface area contributed by atoms with Crippen LogP contribution >= 0.6 is 0 Å². The minimum Gasteiger partial charge on any atom is -0.394 e. The van der Waals surface area contributed by atoms with E-state index in [1.165, 1.54) is 0 Å². The molecule has 41 nitrogen and oxygen atoms in total. The van der Waals surface area contributed by atoms with Crippen LogP contribution in [0.2, 0.25) is 0 Å². The van der Waals surface area contributed by atoms with E-state index in [1.807, 2.05) is 0 Å². The zero-order valence-electron chi connectivity index (χ0n) is 46.5. The molecule has 8 aliphatic rings. The zero-order chi connectivity index (χ0) is 65.4. The van der Waals surface area contributed by atoms with Crippen LogP contribution in [0.4, 0.5) is 0 Å². The third kappa shape index (κ3) is 15.8. The molecule has 8 fully saturated rings. The van der Waals surface area contributed by atoms with Gasteiger partial charge in [-0.05, 0) is 0 Å². The van der Waals surface area contributed by atoms with Gasteiger partial charge in [0.2, 0.25) is 0 Å². The molecule has 0 unspecified atom stereocenters. The Kier molecular flexibility index (Phi) is 25.9. The first-order chi connectivity index (χ1) is 42.0. The van der Waals surface area contributed by atoms with Gasteiger partial charge in [-0.15, -0.1) is 0 Å². The quantitative estimate of drug-likeness (QED) is 0.0479. The number of hydrogen-bond donors (Lipinski definition) is 26. The zero-order valence-corrected chi connectivity index (χ0v) is 46.5. The van der Waals surface area contributed by atoms with Crippen molar-refractivity contribution in [3.05, 3.63) is 0 Å². The van der Waals surface area contributed by atoms with E-state index in [1.54, 1.807) is 0 Å². The predicted octanol–water partition coefficient (Wildman–Crippen LogP) is -18.5. The third-order valence-electron chi connectivity index (χ3n) is 16.6. The molecule has 8 aliphatic heterocycles. The summed E-state index contributed by atoms with van der Waals surface area (Å²) in [5.74, 6) is 0. The number of ether oxygens (including phenoxy) is 15. The van der Waals surface area contributed by atoms with Gasteiger partial charge in [-0.2, -0.15) is 0 Å². The van der Waals surface area contributed by atoms with Gasteiger partial charge in [0.25, 0.3) is 0 Å². The fourth-order valence-electron chi connectivity index (χ4n) is 10.9. The van der Waals surface area contributed by atoms with E-state index in [0.29, 0.717) is 0 Å². The second kappa shape index (κ2) is 31.5. The first-order valence-electron chi connectivity index (χ1n) is 28.2. The van der Waals surface area contributed by atoms with E-state index in [2.05, 4.69) is 0 Å². The van der Waals surface area contributed by atoms with E-state index in [9.17, 15) is 133 Å². The fraction of sp³-hybridized carbons (Fsp3) is 1.00. The Bertz CT molecular complexity index is 2130. The summed E-state index contributed by atoms with van der Waals surface area (Å²) in [6, 6.07) is 0. The summed E-state index contributed by atoms with van der Waals surface area (Å²) in [5.41, 5.74) is 0. The molecule has 520 valence electrons. The minimum atomic E-state index is -2.17. The van der Waals surface area contributed by atoms with Crippen LogP contribution in [0, 0.1) is 0 Å². The maximum absolute atomic E-state index is 11.5. The molecule has 0 bridgehead atoms. The third-order valence-corrected chi connectivity index (χ3v) is 16.6. The van der Waals surface area contributed by atoms with Crippen LogP contribution in [-0.4, -0.2) is 431 Å². The molecular formula is C48H82O41. The Balaban J connectivity index is 0.923. The van der Waals surface area contributed by atoms with Gasteiger partial charge < -0.3 is 204 Å². The monoisotopic (exact) mass is 1310 g/mol. The van der Waals surface area contributed by atoms with Crippen LogP contribution < -0.4 is 0 Å². The molecule has 8 heterocycles. The second-order valence-electron chi connectivity index (χ2n) is 22.6. The van der Waals surface area contributed by atoms with Gasteiger partial charge in [-0.1, -0.05) is 0 Å². The van der Waals surface area contributed by atoms with Crippen LogP contribution in [-0.2, 0) is 71.1 Å². The maximum atomic E-state index is 11.5. The van der Waals surface area contributed by atoms with Crippen molar-refractivity contribution in [3.8, 4) is 0 Å². The highest BCUT2D eigenvalue weighted by molar-refractivity contribution is 4.99. The molecule has 0 saturated carbocycles. The molecular weight excluding hydrogens is 1230 g/mol. The summed E-state index contributed by atoms with van der Waals surface area (Å²) in [4.78, 5) is 0. The van der Waals surface area contributed by atoms with Gasteiger partial charge in [0, 0.05) is 0 Å². The van der Waals surface area contributed by atoms with Crippen molar-refractivity contribution in [2.75, 3.05) is 52.9 Å². The number of aliphatic hydroxyl groups is 26. The molecule has 26 N–H and O–H groups in total. The van der Waals surface area contributed by atoms with Crippen molar-refractivity contribution in [3.63, 3.8) is 0 Å². The van der Waals surface area contributed by atoms with Crippen molar-refractivity contribution < 1.29 is 204 Å². The van der Waals surface area contributed by atoms with Crippen molar-refractivity contribution in [1.29, 1.82) is 0 Å². The smallest absolute Gasteiger partial charge is 0.187 e. The molecule has 0 spiro atoms. The lowest BCUT2D eigenvalue weighted by molar-refractivity contribution is -0.379. The van der Waals surface area contributed by atoms with Crippen LogP contribution in [0.3, 0.4) is 0 Å². The summed E-state index contributed by atoms with van der Waals surface area (Å²) in [7, 11) is 0. The summed E-state index contributed by atoms with van der Waals surface area (Å²) in [6.45, 7) is -7.24. The Hall–Kier alpha value is -1.64. The predicted molar refractivity (Wildman–Crippen MR) is 264 cm³/mol. The van der Waals surface area contributed by atoms with Gasteiger partial charge in [-0.25, -0.2) is 0 Å². The summed E-state index contributed by atoms with van der Waals surface area (Å²) in [6.07, 6.45) is -78.0. The molecule has 8 saturated heterocycles. The van der Waals surface area contributed by atoms with Crippen molar-refractivity contribution in [2.24, 2.45) is 0 Å². The molecule has 0 aromatic carbocycles. The largest absolute Gasteiger partial charge is 0.394 e. The molecule has 8 rings (SSSR count). The van der Waals surface area contributed by atoms with Crippen LogP contribution in [0.1, 0.15) is 0 Å². The highest BCUT2D eigenvalue weighted by atomic mass is 16.8. The minimum absolute atomic E-state index is 0.845. The second-order valence-corrected chi connectivity index (χ2v) is 22.6. The molecule has 89 heavy (non-hydrogen) atoms. The highest BCUT2D eigenvalue weighted by Crippen LogP contribution is 2.36.